The van der Waals surface area contributed by atoms with Crippen LogP contribution in [0.3, 0.4) is 0 Å². The maximum Gasteiger partial charge on any atom is 0.340 e. The van der Waals surface area contributed by atoms with Crippen LogP contribution in [0.25, 0.3) is 0 Å². The standard InChI is InChI=1S/C11H18O3/c1-6-7-11(5)8(12)13-9(14-11)10(2,3)4/h6,9H,1,7H2,2-5H3/t9-,11+/m0/s1. The largest absolute Gasteiger partial charge is 0.433 e. The van der Waals surface area contributed by atoms with Gasteiger partial charge in [0.2, 0.25) is 6.29 Å². The molecule has 1 heterocycles. The molecule has 0 radical (unpaired) electrons. The zero-order valence-corrected chi connectivity index (χ0v) is 9.29. The van der Waals surface area contributed by atoms with Gasteiger partial charge in [-0.05, 0) is 6.92 Å². The number of hydrogen-bond acceptors (Lipinski definition) is 3. The molecule has 1 aliphatic rings. The highest BCUT2D eigenvalue weighted by Gasteiger charge is 2.49. The Labute approximate surface area is 85.1 Å². The lowest BCUT2D eigenvalue weighted by atomic mass is 9.96. The molecule has 0 aromatic heterocycles. The number of carbonyl (C=O) groups is 1. The van der Waals surface area contributed by atoms with Crippen molar-refractivity contribution in [3.05, 3.63) is 12.7 Å². The molecule has 1 aliphatic heterocycles. The normalized spacial score (nSPS) is 32.9. The number of cyclic esters (lactones) is 1. The van der Waals surface area contributed by atoms with E-state index < -0.39 is 11.9 Å². The highest BCUT2D eigenvalue weighted by atomic mass is 16.8. The van der Waals surface area contributed by atoms with Gasteiger partial charge >= 0.3 is 5.97 Å². The Balaban J connectivity index is 2.78. The second-order valence-corrected chi connectivity index (χ2v) is 4.94. The summed E-state index contributed by atoms with van der Waals surface area (Å²) in [5.74, 6) is -0.294. The van der Waals surface area contributed by atoms with Crippen molar-refractivity contribution in [2.45, 2.75) is 46.0 Å². The second kappa shape index (κ2) is 3.39. The van der Waals surface area contributed by atoms with Crippen LogP contribution in [0.1, 0.15) is 34.1 Å². The van der Waals surface area contributed by atoms with Crippen LogP contribution in [0.4, 0.5) is 0 Å². The lowest BCUT2D eigenvalue weighted by Gasteiger charge is -2.25. The molecular weight excluding hydrogens is 180 g/mol. The van der Waals surface area contributed by atoms with Crippen molar-refractivity contribution < 1.29 is 14.3 Å². The fourth-order valence-corrected chi connectivity index (χ4v) is 1.29. The molecule has 2 atom stereocenters. The molecule has 14 heavy (non-hydrogen) atoms. The van der Waals surface area contributed by atoms with E-state index in [1.165, 1.54) is 0 Å². The molecule has 0 spiro atoms. The summed E-state index contributed by atoms with van der Waals surface area (Å²) in [4.78, 5) is 11.5. The van der Waals surface area contributed by atoms with Crippen LogP contribution < -0.4 is 0 Å². The van der Waals surface area contributed by atoms with Crippen LogP contribution in [0, 0.1) is 5.41 Å². The van der Waals surface area contributed by atoms with Crippen molar-refractivity contribution in [1.29, 1.82) is 0 Å². The zero-order chi connectivity index (χ0) is 11.0. The average Bonchev–Trinajstić information content (AvgIpc) is 2.28. The van der Waals surface area contributed by atoms with Gasteiger partial charge in [-0.2, -0.15) is 0 Å². The third-order valence-electron chi connectivity index (χ3n) is 2.25. The third kappa shape index (κ3) is 1.98. The summed E-state index contributed by atoms with van der Waals surface area (Å²) < 4.78 is 10.8. The maximum absolute atomic E-state index is 11.5. The summed E-state index contributed by atoms with van der Waals surface area (Å²) in [7, 11) is 0. The molecule has 0 amide bonds. The molecule has 3 nitrogen and oxygen atoms in total. The molecule has 0 aliphatic carbocycles. The van der Waals surface area contributed by atoms with Crippen molar-refractivity contribution >= 4 is 5.97 Å². The Morgan fingerprint density at radius 1 is 1.57 bits per heavy atom. The molecular formula is C11H18O3. The Morgan fingerprint density at radius 2 is 2.14 bits per heavy atom. The van der Waals surface area contributed by atoms with Crippen molar-refractivity contribution in [3.8, 4) is 0 Å². The van der Waals surface area contributed by atoms with E-state index in [2.05, 4.69) is 6.58 Å². The van der Waals surface area contributed by atoms with E-state index in [0.29, 0.717) is 6.42 Å². The van der Waals surface area contributed by atoms with Crippen LogP contribution in [0.2, 0.25) is 0 Å². The van der Waals surface area contributed by atoms with E-state index in [4.69, 9.17) is 9.47 Å². The summed E-state index contributed by atoms with van der Waals surface area (Å²) >= 11 is 0. The van der Waals surface area contributed by atoms with E-state index in [1.807, 2.05) is 20.8 Å². The summed E-state index contributed by atoms with van der Waals surface area (Å²) in [5, 5.41) is 0. The number of hydrogen-bond donors (Lipinski definition) is 0. The van der Waals surface area contributed by atoms with Gasteiger partial charge in [-0.3, -0.25) is 0 Å². The van der Waals surface area contributed by atoms with Crippen LogP contribution in [0.15, 0.2) is 12.7 Å². The second-order valence-electron chi connectivity index (χ2n) is 4.94. The number of esters is 1. The number of rotatable bonds is 2. The maximum atomic E-state index is 11.5. The van der Waals surface area contributed by atoms with Crippen LogP contribution in [-0.2, 0) is 14.3 Å². The van der Waals surface area contributed by atoms with Crippen LogP contribution >= 0.6 is 0 Å². The smallest absolute Gasteiger partial charge is 0.340 e. The van der Waals surface area contributed by atoms with E-state index in [9.17, 15) is 4.79 Å². The van der Waals surface area contributed by atoms with Crippen molar-refractivity contribution in [2.75, 3.05) is 0 Å². The number of carbonyl (C=O) groups excluding carboxylic acids is 1. The highest BCUT2D eigenvalue weighted by molar-refractivity contribution is 5.80. The van der Waals surface area contributed by atoms with Gasteiger partial charge < -0.3 is 9.47 Å². The topological polar surface area (TPSA) is 35.5 Å². The fraction of sp³-hybridized carbons (Fsp3) is 0.727. The first kappa shape index (κ1) is 11.2. The van der Waals surface area contributed by atoms with Crippen LogP contribution in [0.5, 0.6) is 0 Å². The molecule has 0 bridgehead atoms. The summed E-state index contributed by atoms with van der Waals surface area (Å²) in [6, 6.07) is 0. The highest BCUT2D eigenvalue weighted by Crippen LogP contribution is 2.36. The SMILES string of the molecule is C=CC[C@@]1(C)O[C@@H](C(C)(C)C)OC1=O. The fourth-order valence-electron chi connectivity index (χ4n) is 1.29. The van der Waals surface area contributed by atoms with E-state index >= 15 is 0 Å². The molecule has 1 fully saturated rings. The molecule has 1 rings (SSSR count). The van der Waals surface area contributed by atoms with Gasteiger partial charge in [-0.15, -0.1) is 6.58 Å². The third-order valence-corrected chi connectivity index (χ3v) is 2.25. The minimum atomic E-state index is -0.848. The van der Waals surface area contributed by atoms with Crippen molar-refractivity contribution in [3.63, 3.8) is 0 Å². The molecule has 3 heteroatoms. The van der Waals surface area contributed by atoms with Gasteiger partial charge in [0, 0.05) is 11.8 Å². The quantitative estimate of drug-likeness (QED) is 0.504. The Morgan fingerprint density at radius 3 is 2.50 bits per heavy atom. The predicted molar refractivity (Wildman–Crippen MR) is 53.6 cm³/mol. The lowest BCUT2D eigenvalue weighted by molar-refractivity contribution is -0.155. The van der Waals surface area contributed by atoms with Gasteiger partial charge in [-0.25, -0.2) is 4.79 Å². The first-order valence-corrected chi connectivity index (χ1v) is 4.79. The summed E-state index contributed by atoms with van der Waals surface area (Å²) in [6.07, 6.45) is 1.70. The van der Waals surface area contributed by atoms with Crippen LogP contribution in [-0.4, -0.2) is 17.9 Å². The van der Waals surface area contributed by atoms with Gasteiger partial charge in [0.25, 0.3) is 0 Å². The molecule has 80 valence electrons. The average molecular weight is 198 g/mol. The predicted octanol–water partition coefficient (Wildman–Crippen LogP) is 2.27. The Hall–Kier alpha value is -0.830. The monoisotopic (exact) mass is 198 g/mol. The van der Waals surface area contributed by atoms with Crippen molar-refractivity contribution in [1.82, 2.24) is 0 Å². The van der Waals surface area contributed by atoms with Gasteiger partial charge in [0.1, 0.15) is 0 Å². The first-order chi connectivity index (χ1) is 6.29. The minimum Gasteiger partial charge on any atom is -0.433 e. The van der Waals surface area contributed by atoms with E-state index in [0.717, 1.165) is 0 Å². The molecule has 0 aromatic rings. The van der Waals surface area contributed by atoms with E-state index in [-0.39, 0.29) is 11.4 Å². The minimum absolute atomic E-state index is 0.186. The Kier molecular flexibility index (Phi) is 2.72. The molecule has 1 saturated heterocycles. The lowest BCUT2D eigenvalue weighted by Crippen LogP contribution is -2.33. The molecule has 0 aromatic carbocycles. The molecule has 0 N–H and O–H groups in total. The molecule has 0 unspecified atom stereocenters. The number of ether oxygens (including phenoxy) is 2. The van der Waals surface area contributed by atoms with Crippen molar-refractivity contribution in [2.24, 2.45) is 5.41 Å². The van der Waals surface area contributed by atoms with Gasteiger partial charge in [0.15, 0.2) is 5.60 Å². The molecule has 0 saturated carbocycles. The van der Waals surface area contributed by atoms with E-state index in [1.54, 1.807) is 13.0 Å². The first-order valence-electron chi connectivity index (χ1n) is 4.79. The van der Waals surface area contributed by atoms with Gasteiger partial charge in [0.05, 0.1) is 0 Å². The Bertz CT molecular complexity index is 252. The van der Waals surface area contributed by atoms with Gasteiger partial charge in [-0.1, -0.05) is 26.8 Å². The summed E-state index contributed by atoms with van der Waals surface area (Å²) in [5.41, 5.74) is -1.03. The summed E-state index contributed by atoms with van der Waals surface area (Å²) in [6.45, 7) is 11.3. The zero-order valence-electron chi connectivity index (χ0n) is 9.29.